The molecule has 0 fully saturated rings. The summed E-state index contributed by atoms with van der Waals surface area (Å²) >= 11 is 1.64. The lowest BCUT2D eigenvalue weighted by Gasteiger charge is -2.48. The number of thiophene rings is 1. The zero-order chi connectivity index (χ0) is 32.3. The monoisotopic (exact) mass is 620 g/mol. The predicted octanol–water partition coefficient (Wildman–Crippen LogP) is 8.66. The van der Waals surface area contributed by atoms with Gasteiger partial charge < -0.3 is 19.1 Å². The van der Waals surface area contributed by atoms with Crippen molar-refractivity contribution in [1.82, 2.24) is 0 Å². The molecule has 3 unspecified atom stereocenters. The molecule has 232 valence electrons. The van der Waals surface area contributed by atoms with Crippen molar-refractivity contribution in [3.63, 3.8) is 0 Å². The second-order valence-electron chi connectivity index (χ2n) is 12.3. The largest absolute Gasteiger partial charge is 0.480 e. The van der Waals surface area contributed by atoms with Crippen LogP contribution >= 0.6 is 11.3 Å². The van der Waals surface area contributed by atoms with Crippen molar-refractivity contribution in [3.05, 3.63) is 79.3 Å². The Morgan fingerprint density at radius 3 is 2.22 bits per heavy atom. The lowest BCUT2D eigenvalue weighted by Crippen LogP contribution is -2.47. The average Bonchev–Trinajstić information content (AvgIpc) is 3.58. The van der Waals surface area contributed by atoms with Gasteiger partial charge in [0.2, 0.25) is 0 Å². The van der Waals surface area contributed by atoms with Gasteiger partial charge in [-0.3, -0.25) is 0 Å². The van der Waals surface area contributed by atoms with Gasteiger partial charge in [0.1, 0.15) is 29.4 Å². The first-order valence-corrected chi connectivity index (χ1v) is 16.5. The number of ether oxygens (including phenoxy) is 3. The van der Waals surface area contributed by atoms with E-state index in [9.17, 15) is 15.8 Å². The van der Waals surface area contributed by atoms with E-state index in [4.69, 9.17) is 14.2 Å². The zero-order valence-corrected chi connectivity index (χ0v) is 27.7. The van der Waals surface area contributed by atoms with E-state index in [0.29, 0.717) is 30.7 Å². The number of anilines is 1. The van der Waals surface area contributed by atoms with Crippen LogP contribution in [0, 0.1) is 39.9 Å². The first-order valence-electron chi connectivity index (χ1n) is 15.7. The molecule has 5 rings (SSSR count). The van der Waals surface area contributed by atoms with Crippen LogP contribution in [0.4, 0.5) is 5.69 Å². The van der Waals surface area contributed by atoms with Gasteiger partial charge in [-0.15, -0.1) is 11.3 Å². The molecule has 8 heteroatoms. The quantitative estimate of drug-likeness (QED) is 0.259. The smallest absolute Gasteiger partial charge is 0.172 e. The van der Waals surface area contributed by atoms with E-state index >= 15 is 0 Å². The summed E-state index contributed by atoms with van der Waals surface area (Å²) in [7, 11) is 0. The fourth-order valence-electron chi connectivity index (χ4n) is 6.69. The van der Waals surface area contributed by atoms with Gasteiger partial charge in [0.25, 0.3) is 0 Å². The van der Waals surface area contributed by atoms with E-state index in [-0.39, 0.29) is 29.1 Å². The van der Waals surface area contributed by atoms with Gasteiger partial charge in [-0.1, -0.05) is 26.0 Å². The molecule has 0 radical (unpaired) electrons. The van der Waals surface area contributed by atoms with Crippen molar-refractivity contribution in [2.75, 3.05) is 24.7 Å². The van der Waals surface area contributed by atoms with Gasteiger partial charge in [0, 0.05) is 57.9 Å². The van der Waals surface area contributed by atoms with Gasteiger partial charge in [-0.05, 0) is 88.4 Å². The molecule has 0 saturated carbocycles. The second-order valence-corrected chi connectivity index (χ2v) is 13.5. The number of nitrogens with zero attached hydrogens (tertiary/aromatic N) is 4. The maximum Gasteiger partial charge on any atom is 0.172 e. The minimum Gasteiger partial charge on any atom is -0.480 e. The van der Waals surface area contributed by atoms with E-state index in [0.717, 1.165) is 34.7 Å². The van der Waals surface area contributed by atoms with E-state index < -0.39 is 5.60 Å². The molecule has 3 aliphatic heterocycles. The third kappa shape index (κ3) is 6.35. The molecule has 0 aliphatic carbocycles. The SMILES string of the molecule is CCOC1CCN2c3c1cc(/C=C/c1ccc(/C=C/C4=C(C#N)C(=C(C#N)C#N)OC4(C)C)s1)cc3C(OCC)CC2C(C)C. The molecule has 4 heterocycles. The lowest BCUT2D eigenvalue weighted by atomic mass is 9.81. The molecule has 0 N–H and O–H groups in total. The highest BCUT2D eigenvalue weighted by atomic mass is 32.1. The van der Waals surface area contributed by atoms with Gasteiger partial charge in [-0.25, -0.2) is 0 Å². The summed E-state index contributed by atoms with van der Waals surface area (Å²) in [6, 6.07) is 15.0. The Morgan fingerprint density at radius 2 is 1.62 bits per heavy atom. The van der Waals surface area contributed by atoms with Crippen molar-refractivity contribution in [3.8, 4) is 18.2 Å². The van der Waals surface area contributed by atoms with Crippen LogP contribution in [0.2, 0.25) is 0 Å². The molecule has 0 saturated heterocycles. The van der Waals surface area contributed by atoms with Crippen LogP contribution in [0.5, 0.6) is 0 Å². The van der Waals surface area contributed by atoms with Crippen LogP contribution in [0.15, 0.2) is 52.8 Å². The molecule has 7 nitrogen and oxygen atoms in total. The number of hydrogen-bond acceptors (Lipinski definition) is 8. The Labute approximate surface area is 270 Å². The van der Waals surface area contributed by atoms with E-state index in [1.807, 2.05) is 44.2 Å². The molecular formula is C37H40N4O3S. The van der Waals surface area contributed by atoms with Gasteiger partial charge in [-0.2, -0.15) is 15.8 Å². The summed E-state index contributed by atoms with van der Waals surface area (Å²) in [5, 5.41) is 28.5. The van der Waals surface area contributed by atoms with E-state index in [2.05, 4.69) is 69.0 Å². The van der Waals surface area contributed by atoms with Crippen molar-refractivity contribution >= 4 is 35.3 Å². The van der Waals surface area contributed by atoms with Crippen molar-refractivity contribution < 1.29 is 14.2 Å². The Kier molecular flexibility index (Phi) is 9.66. The molecule has 3 aliphatic rings. The molecule has 1 aromatic heterocycles. The van der Waals surface area contributed by atoms with Crippen LogP contribution in [-0.4, -0.2) is 31.4 Å². The van der Waals surface area contributed by atoms with E-state index in [1.54, 1.807) is 11.3 Å². The summed E-state index contributed by atoms with van der Waals surface area (Å²) in [5.74, 6) is 0.576. The number of rotatable bonds is 9. The molecule has 1 aromatic carbocycles. The van der Waals surface area contributed by atoms with Crippen molar-refractivity contribution in [2.24, 2.45) is 5.92 Å². The van der Waals surface area contributed by atoms with Crippen molar-refractivity contribution in [2.45, 2.75) is 78.2 Å². The summed E-state index contributed by atoms with van der Waals surface area (Å²) in [5.41, 5.74) is 4.78. The zero-order valence-electron chi connectivity index (χ0n) is 26.9. The van der Waals surface area contributed by atoms with Gasteiger partial charge >= 0.3 is 0 Å². The predicted molar refractivity (Wildman–Crippen MR) is 179 cm³/mol. The molecule has 0 amide bonds. The first kappa shape index (κ1) is 32.3. The van der Waals surface area contributed by atoms with Crippen LogP contribution in [0.1, 0.15) is 93.0 Å². The van der Waals surface area contributed by atoms with Gasteiger partial charge in [0.15, 0.2) is 11.3 Å². The molecule has 0 bridgehead atoms. The molecule has 0 spiro atoms. The Balaban J connectivity index is 1.45. The summed E-state index contributed by atoms with van der Waals surface area (Å²) < 4.78 is 18.5. The number of allylic oxidation sites excluding steroid dienone is 2. The highest BCUT2D eigenvalue weighted by Crippen LogP contribution is 2.49. The fraction of sp³-hybridized carbons (Fsp3) is 0.432. The highest BCUT2D eigenvalue weighted by molar-refractivity contribution is 7.13. The number of hydrogen-bond donors (Lipinski definition) is 0. The van der Waals surface area contributed by atoms with Crippen LogP contribution < -0.4 is 4.90 Å². The molecule has 2 aromatic rings. The number of nitriles is 3. The Morgan fingerprint density at radius 1 is 1.00 bits per heavy atom. The maximum absolute atomic E-state index is 9.82. The Bertz CT molecular complexity index is 1670. The second kappa shape index (κ2) is 13.5. The minimum atomic E-state index is -0.841. The normalized spacial score (nSPS) is 22.0. The third-order valence-corrected chi connectivity index (χ3v) is 9.75. The Hall–Kier alpha value is -4.13. The van der Waals surface area contributed by atoms with Crippen LogP contribution in [0.3, 0.4) is 0 Å². The average molecular weight is 621 g/mol. The minimum absolute atomic E-state index is 0.0482. The topological polar surface area (TPSA) is 102 Å². The third-order valence-electron chi connectivity index (χ3n) is 8.73. The van der Waals surface area contributed by atoms with Gasteiger partial charge in [0.05, 0.1) is 12.2 Å². The van der Waals surface area contributed by atoms with Crippen LogP contribution in [-0.2, 0) is 14.2 Å². The fourth-order valence-corrected chi connectivity index (χ4v) is 7.51. The van der Waals surface area contributed by atoms with Crippen molar-refractivity contribution in [1.29, 1.82) is 15.8 Å². The maximum atomic E-state index is 9.82. The molecule has 3 atom stereocenters. The summed E-state index contributed by atoms with van der Waals surface area (Å²) in [4.78, 5) is 4.71. The lowest BCUT2D eigenvalue weighted by molar-refractivity contribution is 0.0328. The number of benzene rings is 1. The summed E-state index contributed by atoms with van der Waals surface area (Å²) in [6.45, 7) is 14.8. The summed E-state index contributed by atoms with van der Waals surface area (Å²) in [6.07, 6.45) is 10.2. The highest BCUT2D eigenvalue weighted by Gasteiger charge is 2.41. The molecule has 45 heavy (non-hydrogen) atoms. The van der Waals surface area contributed by atoms with E-state index in [1.165, 1.54) is 16.8 Å². The molecular weight excluding hydrogens is 580 g/mol. The standard InChI is InChI=1S/C37H40N4O3S/c1-7-42-33-15-16-41-32(23(3)4)19-34(43-8-2)29-18-24(17-28(33)35(29)41)9-10-26-11-12-27(45-26)13-14-31-30(22-40)36(25(20-38)21-39)44-37(31,5)6/h9-14,17-18,23,32-34H,7-8,15-16,19H2,1-6H3/b10-9+,14-13+. The first-order chi connectivity index (χ1) is 21.6. The van der Waals surface area contributed by atoms with Crippen LogP contribution in [0.25, 0.3) is 18.2 Å².